The summed E-state index contributed by atoms with van der Waals surface area (Å²) in [4.78, 5) is 36.0. The first-order chi connectivity index (χ1) is 14.1. The minimum absolute atomic E-state index is 0.231. The molecular weight excluding hydrogens is 394 g/mol. The van der Waals surface area contributed by atoms with Gasteiger partial charge in [-0.25, -0.2) is 4.79 Å². The Hall–Kier alpha value is -3.13. The highest BCUT2D eigenvalue weighted by Crippen LogP contribution is 2.27. The van der Waals surface area contributed by atoms with Crippen molar-refractivity contribution in [3.05, 3.63) is 59.4 Å². The molecule has 2 atom stereocenters. The summed E-state index contributed by atoms with van der Waals surface area (Å²) >= 11 is 5.88. The molecule has 0 saturated carbocycles. The Balaban J connectivity index is 1.28. The lowest BCUT2D eigenvalue weighted by molar-refractivity contribution is -0.115. The number of benzene rings is 1. The zero-order valence-electron chi connectivity index (χ0n) is 15.5. The van der Waals surface area contributed by atoms with Gasteiger partial charge < -0.3 is 20.4 Å². The van der Waals surface area contributed by atoms with Crippen LogP contribution in [0, 0.1) is 5.92 Å². The number of anilines is 1. The number of nitrogens with zero attached hydrogens (tertiary/aromatic N) is 3. The van der Waals surface area contributed by atoms with Gasteiger partial charge in [-0.1, -0.05) is 28.9 Å². The topological polar surface area (TPSA) is 95.9 Å². The van der Waals surface area contributed by atoms with Gasteiger partial charge in [0.2, 0.25) is 0 Å². The predicted molar refractivity (Wildman–Crippen MR) is 109 cm³/mol. The number of oxime groups is 1. The summed E-state index contributed by atoms with van der Waals surface area (Å²) in [6.45, 7) is 1.23. The van der Waals surface area contributed by atoms with Crippen molar-refractivity contribution in [1.82, 2.24) is 15.2 Å². The quantitative estimate of drug-likeness (QED) is 0.786. The van der Waals surface area contributed by atoms with Crippen molar-refractivity contribution in [2.45, 2.75) is 12.5 Å². The molecule has 0 aliphatic carbocycles. The lowest BCUT2D eigenvalue weighted by atomic mass is 10.0. The van der Waals surface area contributed by atoms with E-state index in [1.165, 1.54) is 0 Å². The molecule has 1 fully saturated rings. The van der Waals surface area contributed by atoms with Crippen LogP contribution in [0.15, 0.2) is 53.9 Å². The van der Waals surface area contributed by atoms with Crippen LogP contribution in [0.25, 0.3) is 0 Å². The van der Waals surface area contributed by atoms with Crippen molar-refractivity contribution in [3.63, 3.8) is 0 Å². The van der Waals surface area contributed by atoms with E-state index < -0.39 is 0 Å². The number of nitrogens with one attached hydrogen (secondary N) is 2. The smallest absolute Gasteiger partial charge is 0.322 e. The number of urea groups is 1. The summed E-state index contributed by atoms with van der Waals surface area (Å²) in [6, 6.07) is 10.8. The highest BCUT2D eigenvalue weighted by atomic mass is 35.5. The molecule has 2 aliphatic heterocycles. The van der Waals surface area contributed by atoms with E-state index in [9.17, 15) is 9.59 Å². The number of hydrogen-bond acceptors (Lipinski definition) is 5. The van der Waals surface area contributed by atoms with Crippen LogP contribution < -0.4 is 10.6 Å². The Morgan fingerprint density at radius 1 is 1.21 bits per heavy atom. The molecule has 8 nitrogen and oxygen atoms in total. The van der Waals surface area contributed by atoms with Gasteiger partial charge in [-0.3, -0.25) is 9.78 Å². The molecule has 2 N–H and O–H groups in total. The fourth-order valence-corrected chi connectivity index (χ4v) is 3.54. The molecule has 3 heterocycles. The second-order valence-electron chi connectivity index (χ2n) is 6.94. The van der Waals surface area contributed by atoms with Gasteiger partial charge in [0.1, 0.15) is 0 Å². The monoisotopic (exact) mass is 413 g/mol. The van der Waals surface area contributed by atoms with E-state index in [1.807, 2.05) is 24.3 Å². The molecule has 9 heteroatoms. The average molecular weight is 414 g/mol. The molecule has 2 aromatic rings. The third-order valence-electron chi connectivity index (χ3n) is 4.95. The maximum Gasteiger partial charge on any atom is 0.322 e. The standard InChI is InChI=1S/C20H20ClN5O3/c21-14-5-3-13(4-6-14)7-9-23-19(27)18-16-11-26(12-17(16)29-25-18)20(28)24-15-2-1-8-22-10-15/h1-6,8,10,16-17H,7,9,11-12H2,(H,23,27)(H,24,28). The number of aromatic nitrogens is 1. The third kappa shape index (κ3) is 4.48. The van der Waals surface area contributed by atoms with Crippen LogP contribution in [0.4, 0.5) is 10.5 Å². The molecule has 1 saturated heterocycles. The van der Waals surface area contributed by atoms with E-state index in [-0.39, 0.29) is 24.0 Å². The zero-order valence-corrected chi connectivity index (χ0v) is 16.3. The Kier molecular flexibility index (Phi) is 5.62. The SMILES string of the molecule is O=C(NCCc1ccc(Cl)cc1)C1=NOC2CN(C(=O)Nc3cccnc3)CC12. The average Bonchev–Trinajstić information content (AvgIpc) is 3.31. The van der Waals surface area contributed by atoms with Gasteiger partial charge in [0, 0.05) is 24.3 Å². The maximum atomic E-state index is 12.5. The summed E-state index contributed by atoms with van der Waals surface area (Å²) in [5, 5.41) is 10.3. The first-order valence-corrected chi connectivity index (χ1v) is 9.70. The molecule has 0 spiro atoms. The fraction of sp³-hybridized carbons (Fsp3) is 0.300. The molecule has 4 rings (SSSR count). The molecule has 0 bridgehead atoms. The number of hydrogen-bond donors (Lipinski definition) is 2. The van der Waals surface area contributed by atoms with Crippen molar-refractivity contribution in [1.29, 1.82) is 0 Å². The molecule has 1 aromatic carbocycles. The zero-order chi connectivity index (χ0) is 20.2. The summed E-state index contributed by atoms with van der Waals surface area (Å²) in [7, 11) is 0. The third-order valence-corrected chi connectivity index (χ3v) is 5.20. The highest BCUT2D eigenvalue weighted by Gasteiger charge is 2.46. The van der Waals surface area contributed by atoms with Crippen LogP contribution in [-0.2, 0) is 16.1 Å². The van der Waals surface area contributed by atoms with Crippen molar-refractivity contribution in [3.8, 4) is 0 Å². The van der Waals surface area contributed by atoms with Crippen molar-refractivity contribution < 1.29 is 14.4 Å². The molecule has 2 unspecified atom stereocenters. The van der Waals surface area contributed by atoms with Crippen LogP contribution in [0.3, 0.4) is 0 Å². The van der Waals surface area contributed by atoms with Crippen LogP contribution >= 0.6 is 11.6 Å². The lowest BCUT2D eigenvalue weighted by Crippen LogP contribution is -2.38. The number of fused-ring (bicyclic) bond motifs is 1. The molecule has 2 aliphatic rings. The Bertz CT molecular complexity index is 919. The van der Waals surface area contributed by atoms with Crippen LogP contribution in [0.5, 0.6) is 0 Å². The van der Waals surface area contributed by atoms with Crippen LogP contribution in [0.1, 0.15) is 5.56 Å². The van der Waals surface area contributed by atoms with Crippen LogP contribution in [-0.4, -0.2) is 53.3 Å². The van der Waals surface area contributed by atoms with Crippen molar-refractivity contribution >= 4 is 34.9 Å². The van der Waals surface area contributed by atoms with Gasteiger partial charge in [-0.05, 0) is 36.2 Å². The van der Waals surface area contributed by atoms with E-state index in [0.717, 1.165) is 5.56 Å². The molecule has 3 amide bonds. The predicted octanol–water partition coefficient (Wildman–Crippen LogP) is 2.31. The van der Waals surface area contributed by atoms with Crippen molar-refractivity contribution in [2.75, 3.05) is 25.0 Å². The maximum absolute atomic E-state index is 12.5. The number of pyridine rings is 1. The highest BCUT2D eigenvalue weighted by molar-refractivity contribution is 6.40. The molecule has 1 aromatic heterocycles. The second kappa shape index (κ2) is 8.48. The van der Waals surface area contributed by atoms with E-state index in [1.54, 1.807) is 29.4 Å². The van der Waals surface area contributed by atoms with Gasteiger partial charge in [0.05, 0.1) is 24.3 Å². The molecule has 0 radical (unpaired) electrons. The van der Waals surface area contributed by atoms with Gasteiger partial charge in [0.15, 0.2) is 11.8 Å². The number of carbonyl (C=O) groups is 2. The van der Waals surface area contributed by atoms with Gasteiger partial charge in [0.25, 0.3) is 5.91 Å². The second-order valence-corrected chi connectivity index (χ2v) is 7.37. The lowest BCUT2D eigenvalue weighted by Gasteiger charge is -2.17. The summed E-state index contributed by atoms with van der Waals surface area (Å²) in [6.07, 6.45) is 3.60. The Morgan fingerprint density at radius 2 is 2.03 bits per heavy atom. The number of halogens is 1. The van der Waals surface area contributed by atoms with E-state index >= 15 is 0 Å². The number of likely N-dealkylation sites (tertiary alicyclic amines) is 1. The largest absolute Gasteiger partial charge is 0.389 e. The number of amides is 3. The van der Waals surface area contributed by atoms with Gasteiger partial charge >= 0.3 is 6.03 Å². The van der Waals surface area contributed by atoms with Crippen molar-refractivity contribution in [2.24, 2.45) is 11.1 Å². The van der Waals surface area contributed by atoms with Gasteiger partial charge in [-0.2, -0.15) is 0 Å². The van der Waals surface area contributed by atoms with Gasteiger partial charge in [-0.15, -0.1) is 0 Å². The normalized spacial score (nSPS) is 19.9. The minimum Gasteiger partial charge on any atom is -0.389 e. The van der Waals surface area contributed by atoms with E-state index in [0.29, 0.717) is 42.5 Å². The molecular formula is C20H20ClN5O3. The number of rotatable bonds is 5. The molecule has 29 heavy (non-hydrogen) atoms. The fourth-order valence-electron chi connectivity index (χ4n) is 3.41. The Morgan fingerprint density at radius 3 is 2.79 bits per heavy atom. The Labute approximate surface area is 172 Å². The summed E-state index contributed by atoms with van der Waals surface area (Å²) in [5.41, 5.74) is 2.03. The summed E-state index contributed by atoms with van der Waals surface area (Å²) < 4.78 is 0. The van der Waals surface area contributed by atoms with E-state index in [4.69, 9.17) is 16.4 Å². The first-order valence-electron chi connectivity index (χ1n) is 9.32. The molecule has 150 valence electrons. The van der Waals surface area contributed by atoms with Crippen LogP contribution in [0.2, 0.25) is 5.02 Å². The first kappa shape index (κ1) is 19.2. The van der Waals surface area contributed by atoms with E-state index in [2.05, 4.69) is 20.8 Å². The summed E-state index contributed by atoms with van der Waals surface area (Å²) in [5.74, 6) is -0.494. The number of carbonyl (C=O) groups excluding carboxylic acids is 2. The minimum atomic E-state index is -0.299.